The van der Waals surface area contributed by atoms with Gasteiger partial charge < -0.3 is 4.74 Å². The van der Waals surface area contributed by atoms with Crippen molar-refractivity contribution in [1.29, 1.82) is 0 Å². The van der Waals surface area contributed by atoms with E-state index in [4.69, 9.17) is 0 Å². The lowest BCUT2D eigenvalue weighted by Gasteiger charge is -2.17. The molecule has 1 rings (SSSR count). The highest BCUT2D eigenvalue weighted by atomic mass is 79.9. The van der Waals surface area contributed by atoms with Gasteiger partial charge >= 0.3 is 12.4 Å². The van der Waals surface area contributed by atoms with Crippen LogP contribution in [0.2, 0.25) is 0 Å². The first-order valence-corrected chi connectivity index (χ1v) is 5.64. The molecular weight excluding hydrogens is 330 g/mol. The molecule has 0 aromatic heterocycles. The van der Waals surface area contributed by atoms with Crippen molar-refractivity contribution in [3.63, 3.8) is 0 Å². The maximum atomic E-state index is 12.6. The Hall–Kier alpha value is -0.920. The molecule has 0 atom stereocenters. The van der Waals surface area contributed by atoms with Crippen molar-refractivity contribution in [1.82, 2.24) is 0 Å². The molecule has 102 valence electrons. The zero-order valence-corrected chi connectivity index (χ0v) is 10.5. The van der Waals surface area contributed by atoms with Crippen LogP contribution in [0.15, 0.2) is 12.1 Å². The number of halogens is 7. The summed E-state index contributed by atoms with van der Waals surface area (Å²) >= 11 is 2.80. The lowest BCUT2D eigenvalue weighted by molar-refractivity contribution is -0.144. The van der Waals surface area contributed by atoms with Crippen molar-refractivity contribution < 1.29 is 31.1 Å². The van der Waals surface area contributed by atoms with Gasteiger partial charge in [-0.25, -0.2) is 0 Å². The highest BCUT2D eigenvalue weighted by Gasteiger charge is 2.40. The molecule has 0 aliphatic carbocycles. The lowest BCUT2D eigenvalue weighted by Crippen LogP contribution is -2.14. The van der Waals surface area contributed by atoms with Crippen molar-refractivity contribution >= 4 is 15.9 Å². The molecule has 1 aromatic carbocycles. The van der Waals surface area contributed by atoms with Gasteiger partial charge in [-0.3, -0.25) is 0 Å². The number of ether oxygens (including phenoxy) is 1. The van der Waals surface area contributed by atoms with Crippen molar-refractivity contribution in [2.45, 2.75) is 17.7 Å². The SMILES string of the molecule is COc1cc(CBr)c(C(F)(F)F)cc1C(F)(F)F. The average molecular weight is 337 g/mol. The van der Waals surface area contributed by atoms with Crippen LogP contribution in [0.3, 0.4) is 0 Å². The van der Waals surface area contributed by atoms with E-state index in [-0.39, 0.29) is 17.0 Å². The van der Waals surface area contributed by atoms with E-state index in [1.807, 2.05) is 0 Å². The summed E-state index contributed by atoms with van der Waals surface area (Å²) in [5.41, 5.74) is -3.08. The fourth-order valence-corrected chi connectivity index (χ4v) is 1.85. The average Bonchev–Trinajstić information content (AvgIpc) is 2.24. The Labute approximate surface area is 107 Å². The van der Waals surface area contributed by atoms with E-state index < -0.39 is 29.2 Å². The lowest BCUT2D eigenvalue weighted by atomic mass is 10.0. The second-order valence-electron chi connectivity index (χ2n) is 3.34. The third kappa shape index (κ3) is 3.09. The minimum atomic E-state index is -4.91. The number of hydrogen-bond acceptors (Lipinski definition) is 1. The molecule has 0 radical (unpaired) electrons. The molecule has 0 spiro atoms. The summed E-state index contributed by atoms with van der Waals surface area (Å²) in [5, 5.41) is -0.226. The highest BCUT2D eigenvalue weighted by molar-refractivity contribution is 9.08. The number of alkyl halides is 7. The predicted molar refractivity (Wildman–Crippen MR) is 55.6 cm³/mol. The first-order chi connectivity index (χ1) is 8.11. The van der Waals surface area contributed by atoms with Gasteiger partial charge in [0.05, 0.1) is 18.2 Å². The number of benzene rings is 1. The Balaban J connectivity index is 3.55. The van der Waals surface area contributed by atoms with E-state index in [2.05, 4.69) is 20.7 Å². The van der Waals surface area contributed by atoms with Crippen LogP contribution in [0.1, 0.15) is 16.7 Å². The molecule has 0 aliphatic heterocycles. The summed E-state index contributed by atoms with van der Waals surface area (Å²) in [6.07, 6.45) is -9.76. The topological polar surface area (TPSA) is 9.23 Å². The Bertz CT molecular complexity index is 400. The molecule has 0 bridgehead atoms. The van der Waals surface area contributed by atoms with Gasteiger partial charge in [0, 0.05) is 5.33 Å². The van der Waals surface area contributed by atoms with Crippen LogP contribution in [0.4, 0.5) is 26.3 Å². The molecule has 1 nitrogen and oxygen atoms in total. The molecule has 0 amide bonds. The molecule has 0 N–H and O–H groups in total. The number of methoxy groups -OCH3 is 1. The molecule has 0 saturated heterocycles. The second-order valence-corrected chi connectivity index (χ2v) is 3.90. The second kappa shape index (κ2) is 4.99. The van der Waals surface area contributed by atoms with Gasteiger partial charge in [0.25, 0.3) is 0 Å². The maximum absolute atomic E-state index is 12.6. The fraction of sp³-hybridized carbons (Fsp3) is 0.400. The van der Waals surface area contributed by atoms with E-state index in [1.54, 1.807) is 0 Å². The summed E-state index contributed by atoms with van der Waals surface area (Å²) < 4.78 is 80.0. The quantitative estimate of drug-likeness (QED) is 0.565. The van der Waals surface area contributed by atoms with E-state index in [9.17, 15) is 26.3 Å². The zero-order chi connectivity index (χ0) is 14.1. The molecule has 0 saturated carbocycles. The molecule has 18 heavy (non-hydrogen) atoms. The van der Waals surface area contributed by atoms with Crippen LogP contribution in [0.5, 0.6) is 5.75 Å². The van der Waals surface area contributed by atoms with Crippen molar-refractivity contribution in [3.8, 4) is 5.75 Å². The normalized spacial score (nSPS) is 12.7. The van der Waals surface area contributed by atoms with Gasteiger partial charge in [0.1, 0.15) is 5.75 Å². The molecule has 0 aliphatic rings. The Morgan fingerprint density at radius 1 is 1.00 bits per heavy atom. The van der Waals surface area contributed by atoms with Crippen molar-refractivity contribution in [2.75, 3.05) is 7.11 Å². The van der Waals surface area contributed by atoms with E-state index in [0.29, 0.717) is 0 Å². The van der Waals surface area contributed by atoms with Gasteiger partial charge in [-0.1, -0.05) is 15.9 Å². The molecule has 0 heterocycles. The Morgan fingerprint density at radius 3 is 1.83 bits per heavy atom. The summed E-state index contributed by atoms with van der Waals surface area (Å²) in [7, 11) is 0.968. The van der Waals surface area contributed by atoms with Gasteiger partial charge in [-0.2, -0.15) is 26.3 Å². The van der Waals surface area contributed by atoms with Crippen LogP contribution in [-0.4, -0.2) is 7.11 Å². The summed E-state index contributed by atoms with van der Waals surface area (Å²) in [5.74, 6) is -0.634. The van der Waals surface area contributed by atoms with Crippen molar-refractivity contribution in [2.24, 2.45) is 0 Å². The van der Waals surface area contributed by atoms with Crippen LogP contribution in [-0.2, 0) is 17.7 Å². The van der Waals surface area contributed by atoms with Crippen LogP contribution < -0.4 is 4.74 Å². The zero-order valence-electron chi connectivity index (χ0n) is 8.92. The molecule has 1 aromatic rings. The molecule has 0 unspecified atom stereocenters. The smallest absolute Gasteiger partial charge is 0.419 e. The van der Waals surface area contributed by atoms with Gasteiger partial charge in [0.15, 0.2) is 0 Å². The molecule has 0 fully saturated rings. The minimum absolute atomic E-state index is 0.0649. The molecule has 8 heteroatoms. The van der Waals surface area contributed by atoms with Crippen LogP contribution in [0.25, 0.3) is 0 Å². The van der Waals surface area contributed by atoms with Gasteiger partial charge in [-0.05, 0) is 17.7 Å². The largest absolute Gasteiger partial charge is 0.496 e. The minimum Gasteiger partial charge on any atom is -0.496 e. The predicted octanol–water partition coefficient (Wildman–Crippen LogP) is 4.63. The standard InChI is InChI=1S/C10H7BrF6O/c1-18-8-2-5(4-11)6(9(12,13)14)3-7(8)10(15,16)17/h2-3H,4H2,1H3. The fourth-order valence-electron chi connectivity index (χ4n) is 1.39. The van der Waals surface area contributed by atoms with E-state index >= 15 is 0 Å². The first-order valence-electron chi connectivity index (χ1n) is 4.52. The van der Waals surface area contributed by atoms with E-state index in [1.165, 1.54) is 0 Å². The van der Waals surface area contributed by atoms with Gasteiger partial charge in [-0.15, -0.1) is 0 Å². The Kier molecular flexibility index (Phi) is 4.19. The third-order valence-electron chi connectivity index (χ3n) is 2.18. The number of rotatable bonds is 2. The first kappa shape index (κ1) is 15.1. The van der Waals surface area contributed by atoms with Gasteiger partial charge in [0.2, 0.25) is 0 Å². The monoisotopic (exact) mass is 336 g/mol. The maximum Gasteiger partial charge on any atom is 0.419 e. The third-order valence-corrected chi connectivity index (χ3v) is 2.78. The molecular formula is C10H7BrF6O. The van der Waals surface area contributed by atoms with Crippen LogP contribution >= 0.6 is 15.9 Å². The number of hydrogen-bond donors (Lipinski definition) is 0. The summed E-state index contributed by atoms with van der Waals surface area (Å²) in [6.45, 7) is 0. The summed E-state index contributed by atoms with van der Waals surface area (Å²) in [6, 6.07) is 0.801. The van der Waals surface area contributed by atoms with Crippen LogP contribution in [0, 0.1) is 0 Å². The summed E-state index contributed by atoms with van der Waals surface area (Å²) in [4.78, 5) is 0. The van der Waals surface area contributed by atoms with Crippen molar-refractivity contribution in [3.05, 3.63) is 28.8 Å². The highest BCUT2D eigenvalue weighted by Crippen LogP contribution is 2.42. The Morgan fingerprint density at radius 2 is 1.50 bits per heavy atom. The van der Waals surface area contributed by atoms with E-state index in [0.717, 1.165) is 13.2 Å².